The van der Waals surface area contributed by atoms with Crippen molar-refractivity contribution in [1.82, 2.24) is 10.3 Å². The number of nitrogens with one attached hydrogen (secondary N) is 1. The molecule has 1 rings (SSSR count). The molecule has 0 aromatic carbocycles. The van der Waals surface area contributed by atoms with Gasteiger partial charge in [0.25, 0.3) is 0 Å². The number of amides is 1. The van der Waals surface area contributed by atoms with E-state index in [2.05, 4.69) is 31.1 Å². The lowest BCUT2D eigenvalue weighted by molar-refractivity contribution is -0.122. The summed E-state index contributed by atoms with van der Waals surface area (Å²) in [7, 11) is 0. The number of hydrogen-bond donors (Lipinski definition) is 2. The smallest absolute Gasteiger partial charge is 0.235 e. The SMILES string of the molecule is CC(CC(=O)NN)N1CCC(C)(C)CC1. The average Bonchev–Trinajstić information content (AvgIpc) is 2.17. The maximum Gasteiger partial charge on any atom is 0.235 e. The standard InChI is InChI=1S/C11H23N3O/c1-9(8-10(15)13-12)14-6-4-11(2,3)5-7-14/h9H,4-8,12H2,1-3H3,(H,13,15). The number of piperidine rings is 1. The first-order valence-corrected chi connectivity index (χ1v) is 5.68. The van der Waals surface area contributed by atoms with Gasteiger partial charge in [-0.1, -0.05) is 13.8 Å². The molecule has 4 heteroatoms. The molecule has 0 aromatic rings. The van der Waals surface area contributed by atoms with Crippen molar-refractivity contribution in [1.29, 1.82) is 0 Å². The second kappa shape index (κ2) is 4.94. The summed E-state index contributed by atoms with van der Waals surface area (Å²) in [5, 5.41) is 0. The van der Waals surface area contributed by atoms with Gasteiger partial charge in [-0.2, -0.15) is 0 Å². The molecule has 1 fully saturated rings. The Morgan fingerprint density at radius 2 is 2.00 bits per heavy atom. The van der Waals surface area contributed by atoms with Crippen LogP contribution in [0.5, 0.6) is 0 Å². The maximum absolute atomic E-state index is 11.1. The van der Waals surface area contributed by atoms with Gasteiger partial charge in [0.2, 0.25) is 5.91 Å². The van der Waals surface area contributed by atoms with Crippen molar-refractivity contribution in [2.24, 2.45) is 11.3 Å². The van der Waals surface area contributed by atoms with E-state index in [1.54, 1.807) is 0 Å². The zero-order chi connectivity index (χ0) is 11.5. The van der Waals surface area contributed by atoms with Crippen molar-refractivity contribution in [2.45, 2.75) is 46.1 Å². The number of carbonyl (C=O) groups excluding carboxylic acids is 1. The lowest BCUT2D eigenvalue weighted by Gasteiger charge is -2.39. The van der Waals surface area contributed by atoms with Crippen LogP contribution in [0.2, 0.25) is 0 Å². The maximum atomic E-state index is 11.1. The fourth-order valence-electron chi connectivity index (χ4n) is 2.03. The highest BCUT2D eigenvalue weighted by Crippen LogP contribution is 2.30. The minimum atomic E-state index is -0.0765. The van der Waals surface area contributed by atoms with Gasteiger partial charge < -0.3 is 4.90 Å². The summed E-state index contributed by atoms with van der Waals surface area (Å²) >= 11 is 0. The third kappa shape index (κ3) is 3.80. The van der Waals surface area contributed by atoms with Gasteiger partial charge in [-0.3, -0.25) is 10.2 Å². The van der Waals surface area contributed by atoms with Crippen LogP contribution in [0.3, 0.4) is 0 Å². The Bertz CT molecular complexity index is 218. The molecule has 15 heavy (non-hydrogen) atoms. The topological polar surface area (TPSA) is 58.4 Å². The second-order valence-corrected chi connectivity index (χ2v) is 5.32. The van der Waals surface area contributed by atoms with Crippen molar-refractivity contribution < 1.29 is 4.79 Å². The largest absolute Gasteiger partial charge is 0.300 e. The molecule has 0 radical (unpaired) electrons. The van der Waals surface area contributed by atoms with Crippen molar-refractivity contribution in [3.05, 3.63) is 0 Å². The molecule has 1 aliphatic heterocycles. The van der Waals surface area contributed by atoms with Crippen LogP contribution in [0.1, 0.15) is 40.0 Å². The van der Waals surface area contributed by atoms with Crippen LogP contribution in [0.4, 0.5) is 0 Å². The first kappa shape index (κ1) is 12.5. The molecule has 1 unspecified atom stereocenters. The number of likely N-dealkylation sites (tertiary alicyclic amines) is 1. The summed E-state index contributed by atoms with van der Waals surface area (Å²) < 4.78 is 0. The van der Waals surface area contributed by atoms with Crippen molar-refractivity contribution in [2.75, 3.05) is 13.1 Å². The van der Waals surface area contributed by atoms with E-state index < -0.39 is 0 Å². The minimum absolute atomic E-state index is 0.0765. The first-order valence-electron chi connectivity index (χ1n) is 5.68. The Labute approximate surface area is 92.2 Å². The van der Waals surface area contributed by atoms with Crippen LogP contribution in [0.15, 0.2) is 0 Å². The third-order valence-corrected chi connectivity index (χ3v) is 3.42. The molecule has 4 nitrogen and oxygen atoms in total. The van der Waals surface area contributed by atoms with E-state index in [0.717, 1.165) is 13.1 Å². The van der Waals surface area contributed by atoms with Crippen molar-refractivity contribution in [3.63, 3.8) is 0 Å². The highest BCUT2D eigenvalue weighted by molar-refractivity contribution is 5.75. The Kier molecular flexibility index (Phi) is 4.11. The zero-order valence-electron chi connectivity index (χ0n) is 10.0. The van der Waals surface area contributed by atoms with Crippen LogP contribution >= 0.6 is 0 Å². The molecule has 0 aliphatic carbocycles. The van der Waals surface area contributed by atoms with Gasteiger partial charge in [0, 0.05) is 12.5 Å². The molecule has 1 aliphatic rings. The molecular formula is C11H23N3O. The Morgan fingerprint density at radius 1 is 1.47 bits per heavy atom. The minimum Gasteiger partial charge on any atom is -0.300 e. The van der Waals surface area contributed by atoms with Gasteiger partial charge in [-0.05, 0) is 38.3 Å². The summed E-state index contributed by atoms with van der Waals surface area (Å²) in [4.78, 5) is 13.5. The van der Waals surface area contributed by atoms with E-state index in [0.29, 0.717) is 17.9 Å². The quantitative estimate of drug-likeness (QED) is 0.415. The predicted octanol–water partition coefficient (Wildman–Crippen LogP) is 0.877. The van der Waals surface area contributed by atoms with E-state index in [9.17, 15) is 4.79 Å². The van der Waals surface area contributed by atoms with Gasteiger partial charge in [-0.15, -0.1) is 0 Å². The number of nitrogens with zero attached hydrogens (tertiary/aromatic N) is 1. The molecule has 0 spiro atoms. The molecule has 0 saturated carbocycles. The molecule has 3 N–H and O–H groups in total. The molecule has 1 atom stereocenters. The average molecular weight is 213 g/mol. The molecule has 0 bridgehead atoms. The number of hydrazine groups is 1. The Morgan fingerprint density at radius 3 is 2.47 bits per heavy atom. The first-order chi connectivity index (χ1) is 6.94. The molecule has 1 amide bonds. The fraction of sp³-hybridized carbons (Fsp3) is 0.909. The van der Waals surface area contributed by atoms with E-state index in [1.165, 1.54) is 12.8 Å². The highest BCUT2D eigenvalue weighted by atomic mass is 16.2. The van der Waals surface area contributed by atoms with E-state index in [1.807, 2.05) is 0 Å². The summed E-state index contributed by atoms with van der Waals surface area (Å²) in [5.41, 5.74) is 2.65. The summed E-state index contributed by atoms with van der Waals surface area (Å²) in [6.07, 6.45) is 2.92. The van der Waals surface area contributed by atoms with E-state index in [4.69, 9.17) is 5.84 Å². The zero-order valence-corrected chi connectivity index (χ0v) is 10.0. The molecule has 88 valence electrons. The van der Waals surface area contributed by atoms with Crippen LogP contribution in [0.25, 0.3) is 0 Å². The van der Waals surface area contributed by atoms with Gasteiger partial charge in [0.1, 0.15) is 0 Å². The fourth-order valence-corrected chi connectivity index (χ4v) is 2.03. The molecular weight excluding hydrogens is 190 g/mol. The van der Waals surface area contributed by atoms with Gasteiger partial charge >= 0.3 is 0 Å². The number of hydrogen-bond acceptors (Lipinski definition) is 3. The van der Waals surface area contributed by atoms with Gasteiger partial charge in [0.05, 0.1) is 0 Å². The molecule has 0 aromatic heterocycles. The van der Waals surface area contributed by atoms with E-state index in [-0.39, 0.29) is 5.91 Å². The van der Waals surface area contributed by atoms with Crippen molar-refractivity contribution >= 4 is 5.91 Å². The summed E-state index contributed by atoms with van der Waals surface area (Å²) in [6.45, 7) is 8.88. The monoisotopic (exact) mass is 213 g/mol. The normalized spacial score (nSPS) is 23.5. The van der Waals surface area contributed by atoms with E-state index >= 15 is 0 Å². The molecule has 1 saturated heterocycles. The third-order valence-electron chi connectivity index (χ3n) is 3.42. The number of nitrogens with two attached hydrogens (primary N) is 1. The lowest BCUT2D eigenvalue weighted by atomic mass is 9.82. The highest BCUT2D eigenvalue weighted by Gasteiger charge is 2.28. The Hall–Kier alpha value is -0.610. The lowest BCUT2D eigenvalue weighted by Crippen LogP contribution is -2.45. The van der Waals surface area contributed by atoms with Crippen LogP contribution in [-0.4, -0.2) is 29.9 Å². The van der Waals surface area contributed by atoms with Crippen LogP contribution < -0.4 is 11.3 Å². The second-order valence-electron chi connectivity index (χ2n) is 5.32. The number of rotatable bonds is 3. The predicted molar refractivity (Wildman–Crippen MR) is 61.0 cm³/mol. The molecule has 1 heterocycles. The van der Waals surface area contributed by atoms with Crippen LogP contribution in [0, 0.1) is 5.41 Å². The summed E-state index contributed by atoms with van der Waals surface area (Å²) in [6, 6.07) is 0.296. The number of carbonyl (C=O) groups is 1. The van der Waals surface area contributed by atoms with Gasteiger partial charge in [-0.25, -0.2) is 5.84 Å². The summed E-state index contributed by atoms with van der Waals surface area (Å²) in [5.74, 6) is 5.00. The van der Waals surface area contributed by atoms with Crippen LogP contribution in [-0.2, 0) is 4.79 Å². The van der Waals surface area contributed by atoms with Gasteiger partial charge in [0.15, 0.2) is 0 Å². The van der Waals surface area contributed by atoms with Crippen molar-refractivity contribution in [3.8, 4) is 0 Å². The Balaban J connectivity index is 2.36.